The molecule has 1 aromatic rings. The summed E-state index contributed by atoms with van der Waals surface area (Å²) in [6.07, 6.45) is 0. The fourth-order valence-electron chi connectivity index (χ4n) is 1.27. The molecule has 0 aromatic heterocycles. The molecule has 0 aliphatic carbocycles. The minimum atomic E-state index is -0.384. The van der Waals surface area contributed by atoms with E-state index in [2.05, 4.69) is 6.07 Å². The van der Waals surface area contributed by atoms with Crippen molar-refractivity contribution in [1.29, 1.82) is 5.26 Å². The second kappa shape index (κ2) is 4.21. The van der Waals surface area contributed by atoms with Gasteiger partial charge in [0.25, 0.3) is 0 Å². The predicted octanol–water partition coefficient (Wildman–Crippen LogP) is 2.26. The van der Waals surface area contributed by atoms with E-state index in [9.17, 15) is 4.39 Å². The lowest BCUT2D eigenvalue weighted by Gasteiger charge is -2.17. The standard InChI is InChI=1S/C11H13FN2/c1-8-4-5-9(6-10(8)12)11(7-13)14(2)3/h4-6,11H,1-3H3/t11-/m0/s1. The van der Waals surface area contributed by atoms with Gasteiger partial charge < -0.3 is 0 Å². The third kappa shape index (κ3) is 2.09. The molecule has 2 nitrogen and oxygen atoms in total. The first-order valence-electron chi connectivity index (χ1n) is 4.38. The van der Waals surface area contributed by atoms with Gasteiger partial charge in [0.15, 0.2) is 0 Å². The van der Waals surface area contributed by atoms with Crippen LogP contribution in [0.1, 0.15) is 17.2 Å². The van der Waals surface area contributed by atoms with Crippen LogP contribution in [0.4, 0.5) is 4.39 Å². The van der Waals surface area contributed by atoms with E-state index in [1.807, 2.05) is 0 Å². The highest BCUT2D eigenvalue weighted by Crippen LogP contribution is 2.19. The van der Waals surface area contributed by atoms with Crippen LogP contribution in [-0.2, 0) is 0 Å². The van der Waals surface area contributed by atoms with Crippen molar-refractivity contribution in [3.05, 3.63) is 35.1 Å². The summed E-state index contributed by atoms with van der Waals surface area (Å²) in [7, 11) is 3.59. The molecule has 1 aromatic carbocycles. The number of nitriles is 1. The Kier molecular flexibility index (Phi) is 3.21. The minimum absolute atomic E-state index is 0.260. The Labute approximate surface area is 83.6 Å². The Morgan fingerprint density at radius 1 is 1.43 bits per heavy atom. The van der Waals surface area contributed by atoms with Crippen LogP contribution in [0.5, 0.6) is 0 Å². The fourth-order valence-corrected chi connectivity index (χ4v) is 1.27. The molecular formula is C11H13FN2. The summed E-state index contributed by atoms with van der Waals surface area (Å²) in [5.74, 6) is -0.260. The second-order valence-electron chi connectivity index (χ2n) is 3.50. The molecule has 14 heavy (non-hydrogen) atoms. The normalized spacial score (nSPS) is 12.6. The lowest BCUT2D eigenvalue weighted by Crippen LogP contribution is -2.18. The summed E-state index contributed by atoms with van der Waals surface area (Å²) in [4.78, 5) is 1.75. The number of halogens is 1. The van der Waals surface area contributed by atoms with Crippen molar-refractivity contribution in [1.82, 2.24) is 4.90 Å². The van der Waals surface area contributed by atoms with Crippen LogP contribution < -0.4 is 0 Å². The van der Waals surface area contributed by atoms with Crippen molar-refractivity contribution in [3.63, 3.8) is 0 Å². The maximum atomic E-state index is 13.2. The molecule has 74 valence electrons. The maximum Gasteiger partial charge on any atom is 0.126 e. The molecular weight excluding hydrogens is 179 g/mol. The summed E-state index contributed by atoms with van der Waals surface area (Å²) in [6, 6.07) is 6.64. The smallest absolute Gasteiger partial charge is 0.126 e. The van der Waals surface area contributed by atoms with Gasteiger partial charge in [-0.1, -0.05) is 12.1 Å². The highest BCUT2D eigenvalue weighted by Gasteiger charge is 2.13. The van der Waals surface area contributed by atoms with Crippen LogP contribution in [0.2, 0.25) is 0 Å². The van der Waals surface area contributed by atoms with Crippen LogP contribution >= 0.6 is 0 Å². The molecule has 0 unspecified atom stereocenters. The zero-order chi connectivity index (χ0) is 10.7. The number of hydrogen-bond donors (Lipinski definition) is 0. The van der Waals surface area contributed by atoms with Crippen molar-refractivity contribution >= 4 is 0 Å². The van der Waals surface area contributed by atoms with Gasteiger partial charge in [-0.15, -0.1) is 0 Å². The average molecular weight is 192 g/mol. The molecule has 0 N–H and O–H groups in total. The van der Waals surface area contributed by atoms with Gasteiger partial charge in [0.2, 0.25) is 0 Å². The third-order valence-corrected chi connectivity index (χ3v) is 2.15. The fraction of sp³-hybridized carbons (Fsp3) is 0.364. The van der Waals surface area contributed by atoms with Crippen LogP contribution in [0.25, 0.3) is 0 Å². The molecule has 0 bridgehead atoms. The van der Waals surface area contributed by atoms with Crippen LogP contribution in [0.3, 0.4) is 0 Å². The van der Waals surface area contributed by atoms with Crippen molar-refractivity contribution in [2.45, 2.75) is 13.0 Å². The molecule has 1 atom stereocenters. The zero-order valence-corrected chi connectivity index (χ0v) is 8.58. The Hall–Kier alpha value is -1.40. The minimum Gasteiger partial charge on any atom is -0.291 e. The van der Waals surface area contributed by atoms with Crippen molar-refractivity contribution in [3.8, 4) is 6.07 Å². The summed E-state index contributed by atoms with van der Waals surface area (Å²) in [5, 5.41) is 8.90. The van der Waals surface area contributed by atoms with E-state index >= 15 is 0 Å². The van der Waals surface area contributed by atoms with E-state index in [0.29, 0.717) is 11.1 Å². The second-order valence-corrected chi connectivity index (χ2v) is 3.50. The average Bonchev–Trinajstić information content (AvgIpc) is 2.11. The van der Waals surface area contributed by atoms with Crippen LogP contribution in [0.15, 0.2) is 18.2 Å². The Bertz CT molecular complexity index is 366. The van der Waals surface area contributed by atoms with Crippen molar-refractivity contribution < 1.29 is 4.39 Å². The van der Waals surface area contributed by atoms with Gasteiger partial charge in [-0.2, -0.15) is 5.26 Å². The molecule has 3 heteroatoms. The summed E-state index contributed by atoms with van der Waals surface area (Å²) < 4.78 is 13.2. The van der Waals surface area contributed by atoms with E-state index in [-0.39, 0.29) is 11.9 Å². The number of hydrogen-bond acceptors (Lipinski definition) is 2. The van der Waals surface area contributed by atoms with E-state index in [1.54, 1.807) is 38.1 Å². The van der Waals surface area contributed by atoms with Gasteiger partial charge in [0.05, 0.1) is 6.07 Å². The number of aryl methyl sites for hydroxylation is 1. The predicted molar refractivity (Wildman–Crippen MR) is 53.2 cm³/mol. The molecule has 0 spiro atoms. The first kappa shape index (κ1) is 10.7. The molecule has 0 radical (unpaired) electrons. The van der Waals surface area contributed by atoms with Gasteiger partial charge in [-0.25, -0.2) is 4.39 Å². The molecule has 0 fully saturated rings. The lowest BCUT2D eigenvalue weighted by molar-refractivity contribution is 0.357. The third-order valence-electron chi connectivity index (χ3n) is 2.15. The van der Waals surface area contributed by atoms with Crippen molar-refractivity contribution in [2.75, 3.05) is 14.1 Å². The van der Waals surface area contributed by atoms with E-state index in [0.717, 1.165) is 0 Å². The Balaban J connectivity index is 3.08. The first-order chi connectivity index (χ1) is 6.56. The zero-order valence-electron chi connectivity index (χ0n) is 8.58. The van der Waals surface area contributed by atoms with Gasteiger partial charge in [0.1, 0.15) is 11.9 Å². The summed E-state index contributed by atoms with van der Waals surface area (Å²) >= 11 is 0. The molecule has 0 amide bonds. The topological polar surface area (TPSA) is 27.0 Å². The molecule has 0 saturated carbocycles. The van der Waals surface area contributed by atoms with Gasteiger partial charge >= 0.3 is 0 Å². The maximum absolute atomic E-state index is 13.2. The van der Waals surface area contributed by atoms with E-state index < -0.39 is 0 Å². The van der Waals surface area contributed by atoms with E-state index in [1.165, 1.54) is 6.07 Å². The monoisotopic (exact) mass is 192 g/mol. The van der Waals surface area contributed by atoms with Gasteiger partial charge in [0, 0.05) is 0 Å². The quantitative estimate of drug-likeness (QED) is 0.718. The Morgan fingerprint density at radius 2 is 2.07 bits per heavy atom. The highest BCUT2D eigenvalue weighted by molar-refractivity contribution is 5.28. The Morgan fingerprint density at radius 3 is 2.50 bits per heavy atom. The van der Waals surface area contributed by atoms with Crippen LogP contribution in [0, 0.1) is 24.1 Å². The van der Waals surface area contributed by atoms with Gasteiger partial charge in [-0.05, 0) is 38.2 Å². The first-order valence-corrected chi connectivity index (χ1v) is 4.38. The molecule has 0 aliphatic rings. The molecule has 1 rings (SSSR count). The SMILES string of the molecule is Cc1ccc([C@H](C#N)N(C)C)cc1F. The van der Waals surface area contributed by atoms with Crippen molar-refractivity contribution in [2.24, 2.45) is 0 Å². The molecule has 0 heterocycles. The number of benzene rings is 1. The number of rotatable bonds is 2. The molecule has 0 saturated heterocycles. The van der Waals surface area contributed by atoms with Crippen LogP contribution in [-0.4, -0.2) is 19.0 Å². The largest absolute Gasteiger partial charge is 0.291 e. The highest BCUT2D eigenvalue weighted by atomic mass is 19.1. The summed E-state index contributed by atoms with van der Waals surface area (Å²) in [6.45, 7) is 1.70. The molecule has 0 aliphatic heterocycles. The van der Waals surface area contributed by atoms with Gasteiger partial charge in [-0.3, -0.25) is 4.90 Å². The number of nitrogens with zero attached hydrogens (tertiary/aromatic N) is 2. The lowest BCUT2D eigenvalue weighted by atomic mass is 10.1. The summed E-state index contributed by atoms with van der Waals surface area (Å²) in [5.41, 5.74) is 1.30. The van der Waals surface area contributed by atoms with E-state index in [4.69, 9.17) is 5.26 Å².